The van der Waals surface area contributed by atoms with Crippen molar-refractivity contribution in [2.45, 2.75) is 17.0 Å². The molecule has 0 aliphatic carbocycles. The minimum Gasteiger partial charge on any atom is -0.320 e. The van der Waals surface area contributed by atoms with Crippen LogP contribution in [-0.4, -0.2) is 48.5 Å². The van der Waals surface area contributed by atoms with E-state index in [0.717, 1.165) is 15.6 Å². The maximum Gasteiger partial charge on any atom is 0.274 e. The highest BCUT2D eigenvalue weighted by Gasteiger charge is 2.21. The lowest BCUT2D eigenvalue weighted by Gasteiger charge is -2.15. The molecule has 0 atom stereocenters. The van der Waals surface area contributed by atoms with E-state index in [-0.39, 0.29) is 10.8 Å². The fourth-order valence-electron chi connectivity index (χ4n) is 2.76. The van der Waals surface area contributed by atoms with Crippen LogP contribution in [0.4, 0.5) is 5.69 Å². The SMILES string of the molecule is CSc1ncc(C(=O)Nc2cc(S(=O)(=O)N(C)C)ccc2C)n1-c1ccccc1. The molecule has 0 spiro atoms. The molecular weight excluding hydrogens is 408 g/mol. The maximum absolute atomic E-state index is 13.0. The third kappa shape index (κ3) is 4.21. The molecule has 0 unspecified atom stereocenters. The Bertz CT molecular complexity index is 1140. The number of aromatic nitrogens is 2. The summed E-state index contributed by atoms with van der Waals surface area (Å²) in [5.74, 6) is -0.371. The van der Waals surface area contributed by atoms with Crippen LogP contribution >= 0.6 is 11.8 Å². The van der Waals surface area contributed by atoms with Gasteiger partial charge in [-0.2, -0.15) is 0 Å². The Labute approximate surface area is 174 Å². The van der Waals surface area contributed by atoms with Crippen LogP contribution in [-0.2, 0) is 10.0 Å². The van der Waals surface area contributed by atoms with Gasteiger partial charge in [0.25, 0.3) is 5.91 Å². The van der Waals surface area contributed by atoms with Crippen LogP contribution in [0.1, 0.15) is 16.1 Å². The van der Waals surface area contributed by atoms with Gasteiger partial charge in [0.15, 0.2) is 5.16 Å². The number of hydrogen-bond donors (Lipinski definition) is 1. The van der Waals surface area contributed by atoms with Gasteiger partial charge in [-0.3, -0.25) is 9.36 Å². The Morgan fingerprint density at radius 1 is 1.14 bits per heavy atom. The number of nitrogens with one attached hydrogen (secondary N) is 1. The van der Waals surface area contributed by atoms with Crippen LogP contribution in [0.2, 0.25) is 0 Å². The fraction of sp³-hybridized carbons (Fsp3) is 0.200. The molecule has 1 heterocycles. The van der Waals surface area contributed by atoms with Crippen LogP contribution < -0.4 is 5.32 Å². The summed E-state index contributed by atoms with van der Waals surface area (Å²) in [5.41, 5.74) is 2.37. The summed E-state index contributed by atoms with van der Waals surface area (Å²) in [6, 6.07) is 14.2. The molecule has 1 aromatic heterocycles. The summed E-state index contributed by atoms with van der Waals surface area (Å²) in [4.78, 5) is 17.5. The number of hydrogen-bond acceptors (Lipinski definition) is 5. The van der Waals surface area contributed by atoms with Gasteiger partial charge < -0.3 is 5.32 Å². The van der Waals surface area contributed by atoms with E-state index in [2.05, 4.69) is 10.3 Å². The highest BCUT2D eigenvalue weighted by atomic mass is 32.2. The normalized spacial score (nSPS) is 11.6. The van der Waals surface area contributed by atoms with E-state index in [9.17, 15) is 13.2 Å². The van der Waals surface area contributed by atoms with Crippen molar-refractivity contribution in [3.63, 3.8) is 0 Å². The molecule has 3 rings (SSSR count). The summed E-state index contributed by atoms with van der Waals surface area (Å²) in [6.45, 7) is 1.81. The van der Waals surface area contributed by atoms with Gasteiger partial charge in [0.05, 0.1) is 11.1 Å². The Kier molecular flexibility index (Phi) is 6.11. The van der Waals surface area contributed by atoms with E-state index in [1.807, 2.05) is 43.5 Å². The largest absolute Gasteiger partial charge is 0.320 e. The molecule has 3 aromatic rings. The van der Waals surface area contributed by atoms with Gasteiger partial charge in [-0.1, -0.05) is 36.0 Å². The van der Waals surface area contributed by atoms with Crippen molar-refractivity contribution in [3.05, 3.63) is 66.0 Å². The number of thioether (sulfide) groups is 1. The molecule has 0 aliphatic heterocycles. The minimum atomic E-state index is -3.61. The number of amides is 1. The fourth-order valence-corrected chi connectivity index (χ4v) is 4.23. The lowest BCUT2D eigenvalue weighted by molar-refractivity contribution is 0.102. The van der Waals surface area contributed by atoms with Gasteiger partial charge in [0.2, 0.25) is 10.0 Å². The number of rotatable bonds is 6. The first-order chi connectivity index (χ1) is 13.8. The number of benzene rings is 2. The van der Waals surface area contributed by atoms with Gasteiger partial charge in [-0.15, -0.1) is 0 Å². The number of para-hydroxylation sites is 1. The van der Waals surface area contributed by atoms with E-state index in [0.29, 0.717) is 16.5 Å². The predicted octanol–water partition coefficient (Wildman–Crippen LogP) is 3.41. The van der Waals surface area contributed by atoms with Crippen LogP contribution in [0.15, 0.2) is 64.8 Å². The summed E-state index contributed by atoms with van der Waals surface area (Å²) < 4.78 is 27.8. The van der Waals surface area contributed by atoms with Crippen molar-refractivity contribution in [2.24, 2.45) is 0 Å². The molecule has 0 saturated heterocycles. The third-order valence-corrected chi connectivity index (χ3v) is 6.86. The first kappa shape index (κ1) is 21.1. The zero-order chi connectivity index (χ0) is 21.2. The van der Waals surface area contributed by atoms with Gasteiger partial charge in [0.1, 0.15) is 5.69 Å². The molecule has 0 radical (unpaired) electrons. The van der Waals surface area contributed by atoms with E-state index < -0.39 is 10.0 Å². The number of sulfonamides is 1. The quantitative estimate of drug-likeness (QED) is 0.606. The first-order valence-electron chi connectivity index (χ1n) is 8.77. The molecule has 9 heteroatoms. The summed E-state index contributed by atoms with van der Waals surface area (Å²) in [5, 5.41) is 3.52. The second-order valence-electron chi connectivity index (χ2n) is 6.52. The van der Waals surface area contributed by atoms with Crippen LogP contribution in [0.25, 0.3) is 5.69 Å². The van der Waals surface area contributed by atoms with Gasteiger partial charge in [-0.25, -0.2) is 17.7 Å². The highest BCUT2D eigenvalue weighted by molar-refractivity contribution is 7.98. The standard InChI is InChI=1S/C20H22N4O3S2/c1-14-10-11-16(29(26,27)23(2)3)12-17(14)22-19(25)18-13-21-20(28-4)24(18)15-8-6-5-7-9-15/h5-13H,1-4H3,(H,22,25). The number of imidazole rings is 1. The molecule has 7 nitrogen and oxygen atoms in total. The zero-order valence-electron chi connectivity index (χ0n) is 16.6. The minimum absolute atomic E-state index is 0.116. The van der Waals surface area contributed by atoms with Crippen molar-refractivity contribution >= 4 is 33.4 Å². The average Bonchev–Trinajstić information content (AvgIpc) is 3.14. The van der Waals surface area contributed by atoms with Crippen LogP contribution in [0, 0.1) is 6.92 Å². The Balaban J connectivity index is 2.00. The molecule has 29 heavy (non-hydrogen) atoms. The van der Waals surface area contributed by atoms with Crippen molar-refractivity contribution < 1.29 is 13.2 Å². The van der Waals surface area contributed by atoms with E-state index in [1.165, 1.54) is 44.2 Å². The third-order valence-electron chi connectivity index (χ3n) is 4.39. The Morgan fingerprint density at radius 2 is 1.83 bits per heavy atom. The van der Waals surface area contributed by atoms with Gasteiger partial charge >= 0.3 is 0 Å². The highest BCUT2D eigenvalue weighted by Crippen LogP contribution is 2.25. The van der Waals surface area contributed by atoms with Crippen LogP contribution in [0.5, 0.6) is 0 Å². The number of aryl methyl sites for hydroxylation is 1. The molecule has 1 amide bonds. The molecule has 0 saturated carbocycles. The number of anilines is 1. The average molecular weight is 431 g/mol. The molecule has 0 aliphatic rings. The van der Waals surface area contributed by atoms with Crippen molar-refractivity contribution in [1.29, 1.82) is 0 Å². The predicted molar refractivity (Wildman–Crippen MR) is 115 cm³/mol. The summed E-state index contributed by atoms with van der Waals surface area (Å²) in [7, 11) is -0.670. The Hall–Kier alpha value is -2.62. The van der Waals surface area contributed by atoms with Gasteiger partial charge in [-0.05, 0) is 43.0 Å². The van der Waals surface area contributed by atoms with Crippen molar-refractivity contribution in [2.75, 3.05) is 25.7 Å². The second kappa shape index (κ2) is 8.40. The monoisotopic (exact) mass is 430 g/mol. The number of carbonyl (C=O) groups is 1. The Morgan fingerprint density at radius 3 is 2.45 bits per heavy atom. The van der Waals surface area contributed by atoms with E-state index >= 15 is 0 Å². The molecule has 1 N–H and O–H groups in total. The molecule has 152 valence electrons. The van der Waals surface area contributed by atoms with E-state index in [4.69, 9.17) is 0 Å². The van der Waals surface area contributed by atoms with E-state index in [1.54, 1.807) is 10.6 Å². The second-order valence-corrected chi connectivity index (χ2v) is 9.44. The van der Waals surface area contributed by atoms with Crippen molar-refractivity contribution in [1.82, 2.24) is 13.9 Å². The lowest BCUT2D eigenvalue weighted by atomic mass is 10.2. The first-order valence-corrected chi connectivity index (χ1v) is 11.4. The molecule has 0 bridgehead atoms. The lowest BCUT2D eigenvalue weighted by Crippen LogP contribution is -2.23. The number of carbonyl (C=O) groups excluding carboxylic acids is 1. The molecular formula is C20H22N4O3S2. The maximum atomic E-state index is 13.0. The summed E-state index contributed by atoms with van der Waals surface area (Å²) >= 11 is 1.43. The van der Waals surface area contributed by atoms with Crippen molar-refractivity contribution in [3.8, 4) is 5.69 Å². The van der Waals surface area contributed by atoms with Crippen LogP contribution in [0.3, 0.4) is 0 Å². The zero-order valence-corrected chi connectivity index (χ0v) is 18.2. The van der Waals surface area contributed by atoms with Gasteiger partial charge in [0, 0.05) is 25.5 Å². The summed E-state index contributed by atoms with van der Waals surface area (Å²) in [6.07, 6.45) is 3.41. The molecule has 2 aromatic carbocycles. The smallest absolute Gasteiger partial charge is 0.274 e. The molecule has 0 fully saturated rings. The topological polar surface area (TPSA) is 84.3 Å². The number of nitrogens with zero attached hydrogens (tertiary/aromatic N) is 3.